The molecular formula is C23H26N2O2. The quantitative estimate of drug-likeness (QED) is 0.640. The molecule has 0 bridgehead atoms. The number of aromatic nitrogens is 1. The first-order chi connectivity index (χ1) is 13.2. The van der Waals surface area contributed by atoms with Crippen LogP contribution in [0.25, 0.3) is 22.2 Å². The fourth-order valence-corrected chi connectivity index (χ4v) is 3.74. The molecule has 1 amide bonds. The lowest BCUT2D eigenvalue weighted by atomic mass is 10.0. The lowest BCUT2D eigenvalue weighted by Crippen LogP contribution is -2.34. The number of nitrogens with one attached hydrogen (secondary N) is 2. The predicted octanol–water partition coefficient (Wildman–Crippen LogP) is 4.69. The first-order valence-electron chi connectivity index (χ1n) is 9.69. The molecule has 3 aromatic rings. The van der Waals surface area contributed by atoms with Crippen LogP contribution in [0.2, 0.25) is 0 Å². The minimum atomic E-state index is 0.139. The smallest absolute Gasteiger partial charge is 0.220 e. The molecule has 0 radical (unpaired) electrons. The molecule has 4 heteroatoms. The SMILES string of the molecule is COc1ccc(-c2[nH]c3ccccc3c2CCC(=O)N[C@H](C)C2CC2)cc1. The number of aromatic amines is 1. The van der Waals surface area contributed by atoms with Crippen molar-refractivity contribution in [2.45, 2.75) is 38.6 Å². The molecule has 140 valence electrons. The lowest BCUT2D eigenvalue weighted by molar-refractivity contribution is -0.121. The number of benzene rings is 2. The average molecular weight is 362 g/mol. The van der Waals surface area contributed by atoms with E-state index in [0.29, 0.717) is 24.8 Å². The Hall–Kier alpha value is -2.75. The Morgan fingerprint density at radius 2 is 1.93 bits per heavy atom. The summed E-state index contributed by atoms with van der Waals surface area (Å²) in [6.07, 6.45) is 3.70. The van der Waals surface area contributed by atoms with Crippen molar-refractivity contribution in [1.29, 1.82) is 0 Å². The van der Waals surface area contributed by atoms with Gasteiger partial charge < -0.3 is 15.0 Å². The van der Waals surface area contributed by atoms with Crippen LogP contribution in [0.15, 0.2) is 48.5 Å². The summed E-state index contributed by atoms with van der Waals surface area (Å²) in [6, 6.07) is 16.6. The molecule has 1 saturated carbocycles. The highest BCUT2D eigenvalue weighted by atomic mass is 16.5. The monoisotopic (exact) mass is 362 g/mol. The van der Waals surface area contributed by atoms with Crippen molar-refractivity contribution >= 4 is 16.8 Å². The second-order valence-electron chi connectivity index (χ2n) is 7.45. The molecule has 4 nitrogen and oxygen atoms in total. The second kappa shape index (κ2) is 7.47. The maximum atomic E-state index is 12.4. The molecule has 2 aromatic carbocycles. The minimum Gasteiger partial charge on any atom is -0.497 e. The summed E-state index contributed by atoms with van der Waals surface area (Å²) >= 11 is 0. The fourth-order valence-electron chi connectivity index (χ4n) is 3.74. The zero-order valence-corrected chi connectivity index (χ0v) is 15.9. The summed E-state index contributed by atoms with van der Waals surface area (Å²) in [5, 5.41) is 4.35. The number of carbonyl (C=O) groups excluding carboxylic acids is 1. The Morgan fingerprint density at radius 3 is 2.63 bits per heavy atom. The van der Waals surface area contributed by atoms with Crippen LogP contribution in [0.1, 0.15) is 31.7 Å². The first-order valence-corrected chi connectivity index (χ1v) is 9.69. The number of carbonyl (C=O) groups is 1. The largest absolute Gasteiger partial charge is 0.497 e. The summed E-state index contributed by atoms with van der Waals surface area (Å²) in [7, 11) is 1.67. The maximum absolute atomic E-state index is 12.4. The van der Waals surface area contributed by atoms with Crippen LogP contribution in [-0.4, -0.2) is 24.0 Å². The van der Waals surface area contributed by atoms with E-state index in [1.165, 1.54) is 23.8 Å². The number of fused-ring (bicyclic) bond motifs is 1. The van der Waals surface area contributed by atoms with E-state index in [-0.39, 0.29) is 5.91 Å². The molecule has 1 aliphatic rings. The topological polar surface area (TPSA) is 54.1 Å². The van der Waals surface area contributed by atoms with Gasteiger partial charge in [-0.05, 0) is 73.6 Å². The molecule has 1 heterocycles. The van der Waals surface area contributed by atoms with Crippen molar-refractivity contribution in [3.63, 3.8) is 0 Å². The number of H-pyrrole nitrogens is 1. The van der Waals surface area contributed by atoms with Gasteiger partial charge in [0, 0.05) is 29.1 Å². The molecule has 1 fully saturated rings. The number of para-hydroxylation sites is 1. The van der Waals surface area contributed by atoms with Gasteiger partial charge in [-0.2, -0.15) is 0 Å². The normalized spacial score (nSPS) is 14.9. The Bertz CT molecular complexity index is 939. The molecule has 4 rings (SSSR count). The van der Waals surface area contributed by atoms with E-state index in [1.54, 1.807) is 7.11 Å². The van der Waals surface area contributed by atoms with E-state index in [2.05, 4.69) is 41.5 Å². The Balaban J connectivity index is 1.58. The standard InChI is InChI=1S/C23H26N2O2/c1-15(16-7-8-16)24-22(26)14-13-20-19-5-3-4-6-21(19)25-23(20)17-9-11-18(27-2)12-10-17/h3-6,9-12,15-16,25H,7-8,13-14H2,1-2H3,(H,24,26)/t15-/m1/s1. The molecule has 1 aliphatic carbocycles. The van der Waals surface area contributed by atoms with Gasteiger partial charge in [0.25, 0.3) is 0 Å². The molecule has 0 saturated heterocycles. The number of aryl methyl sites for hydroxylation is 1. The third-order valence-corrected chi connectivity index (χ3v) is 5.51. The van der Waals surface area contributed by atoms with E-state index in [4.69, 9.17) is 4.74 Å². The van der Waals surface area contributed by atoms with Crippen LogP contribution in [0.4, 0.5) is 0 Å². The van der Waals surface area contributed by atoms with Crippen LogP contribution in [-0.2, 0) is 11.2 Å². The summed E-state index contributed by atoms with van der Waals surface area (Å²) in [6.45, 7) is 2.12. The minimum absolute atomic E-state index is 0.139. The average Bonchev–Trinajstić information content (AvgIpc) is 3.48. The molecule has 1 aromatic heterocycles. The van der Waals surface area contributed by atoms with Crippen LogP contribution >= 0.6 is 0 Å². The van der Waals surface area contributed by atoms with E-state index < -0.39 is 0 Å². The molecule has 0 unspecified atom stereocenters. The zero-order valence-electron chi connectivity index (χ0n) is 15.9. The number of hydrogen-bond acceptors (Lipinski definition) is 2. The first kappa shape index (κ1) is 17.7. The van der Waals surface area contributed by atoms with Gasteiger partial charge in [-0.1, -0.05) is 18.2 Å². The van der Waals surface area contributed by atoms with Gasteiger partial charge in [0.15, 0.2) is 0 Å². The van der Waals surface area contributed by atoms with Gasteiger partial charge in [-0.3, -0.25) is 4.79 Å². The number of methoxy groups -OCH3 is 1. The van der Waals surface area contributed by atoms with Crippen LogP contribution in [0.3, 0.4) is 0 Å². The number of ether oxygens (including phenoxy) is 1. The predicted molar refractivity (Wildman–Crippen MR) is 109 cm³/mol. The lowest BCUT2D eigenvalue weighted by Gasteiger charge is -2.13. The highest BCUT2D eigenvalue weighted by Crippen LogP contribution is 2.33. The van der Waals surface area contributed by atoms with Gasteiger partial charge in [0.2, 0.25) is 5.91 Å². The fraction of sp³-hybridized carbons (Fsp3) is 0.348. The summed E-state index contributed by atoms with van der Waals surface area (Å²) < 4.78 is 5.27. The molecule has 0 aliphatic heterocycles. The van der Waals surface area contributed by atoms with Gasteiger partial charge in [-0.15, -0.1) is 0 Å². The summed E-state index contributed by atoms with van der Waals surface area (Å²) in [4.78, 5) is 15.9. The van der Waals surface area contributed by atoms with E-state index in [0.717, 1.165) is 22.5 Å². The van der Waals surface area contributed by atoms with Gasteiger partial charge >= 0.3 is 0 Å². The Kier molecular flexibility index (Phi) is 4.88. The third kappa shape index (κ3) is 3.85. The molecule has 27 heavy (non-hydrogen) atoms. The summed E-state index contributed by atoms with van der Waals surface area (Å²) in [5.74, 6) is 1.65. The van der Waals surface area contributed by atoms with Crippen molar-refractivity contribution in [2.24, 2.45) is 5.92 Å². The van der Waals surface area contributed by atoms with E-state index >= 15 is 0 Å². The van der Waals surface area contributed by atoms with Crippen molar-refractivity contribution in [1.82, 2.24) is 10.3 Å². The highest BCUT2D eigenvalue weighted by Gasteiger charge is 2.28. The van der Waals surface area contributed by atoms with Gasteiger partial charge in [0.05, 0.1) is 7.11 Å². The summed E-state index contributed by atoms with van der Waals surface area (Å²) in [5.41, 5.74) is 4.49. The van der Waals surface area contributed by atoms with Crippen LogP contribution < -0.4 is 10.1 Å². The van der Waals surface area contributed by atoms with E-state index in [1.807, 2.05) is 24.3 Å². The van der Waals surface area contributed by atoms with Crippen molar-refractivity contribution in [3.05, 3.63) is 54.1 Å². The highest BCUT2D eigenvalue weighted by molar-refractivity contribution is 5.91. The van der Waals surface area contributed by atoms with Gasteiger partial charge in [0.1, 0.15) is 5.75 Å². The van der Waals surface area contributed by atoms with Crippen LogP contribution in [0.5, 0.6) is 5.75 Å². The van der Waals surface area contributed by atoms with E-state index in [9.17, 15) is 4.79 Å². The Labute approximate surface area is 159 Å². The molecular weight excluding hydrogens is 336 g/mol. The molecule has 0 spiro atoms. The van der Waals surface area contributed by atoms with Crippen molar-refractivity contribution in [2.75, 3.05) is 7.11 Å². The molecule has 1 atom stereocenters. The molecule has 2 N–H and O–H groups in total. The second-order valence-corrected chi connectivity index (χ2v) is 7.45. The van der Waals surface area contributed by atoms with Crippen molar-refractivity contribution < 1.29 is 9.53 Å². The van der Waals surface area contributed by atoms with Crippen molar-refractivity contribution in [3.8, 4) is 17.0 Å². The Morgan fingerprint density at radius 1 is 1.19 bits per heavy atom. The van der Waals surface area contributed by atoms with Crippen LogP contribution in [0, 0.1) is 5.92 Å². The third-order valence-electron chi connectivity index (χ3n) is 5.51. The number of hydrogen-bond donors (Lipinski definition) is 2. The van der Waals surface area contributed by atoms with Gasteiger partial charge in [-0.25, -0.2) is 0 Å². The number of amides is 1. The maximum Gasteiger partial charge on any atom is 0.220 e. The zero-order chi connectivity index (χ0) is 18.8. The number of rotatable bonds is 7.